The number of aromatic nitrogens is 1. The van der Waals surface area contributed by atoms with Crippen LogP contribution in [0, 0.1) is 0 Å². The normalized spacial score (nSPS) is 13.4. The molecule has 2 heterocycles. The predicted molar refractivity (Wildman–Crippen MR) is 62.8 cm³/mol. The van der Waals surface area contributed by atoms with Crippen molar-refractivity contribution in [2.45, 2.75) is 19.9 Å². The van der Waals surface area contributed by atoms with Gasteiger partial charge in [0.15, 0.2) is 10.9 Å². The van der Waals surface area contributed by atoms with Crippen molar-refractivity contribution >= 4 is 22.3 Å². The zero-order valence-corrected chi connectivity index (χ0v) is 9.56. The third-order valence-corrected chi connectivity index (χ3v) is 2.83. The molecule has 0 bridgehead atoms. The van der Waals surface area contributed by atoms with E-state index < -0.39 is 0 Å². The smallest absolute Gasteiger partial charge is 0.180 e. The van der Waals surface area contributed by atoms with E-state index in [1.54, 1.807) is 11.3 Å². The molecule has 1 aromatic heterocycles. The number of carbonyl (C=O) groups excluding carboxylic acids is 1. The minimum absolute atomic E-state index is 0.0185. The number of nitrogens with zero attached hydrogens (tertiary/aromatic N) is 1. The number of allylic oxidation sites excluding steroid dienone is 1. The Hall–Kier alpha value is -1.20. The highest BCUT2D eigenvalue weighted by molar-refractivity contribution is 7.15. The Morgan fingerprint density at radius 1 is 1.73 bits per heavy atom. The number of nitrogen functional groups attached to an aromatic ring is 1. The summed E-state index contributed by atoms with van der Waals surface area (Å²) < 4.78 is 0. The van der Waals surface area contributed by atoms with Gasteiger partial charge >= 0.3 is 0 Å². The van der Waals surface area contributed by atoms with Crippen molar-refractivity contribution in [3.63, 3.8) is 0 Å². The Labute approximate surface area is 93.2 Å². The van der Waals surface area contributed by atoms with Gasteiger partial charge in [0.25, 0.3) is 0 Å². The van der Waals surface area contributed by atoms with Gasteiger partial charge in [-0.15, -0.1) is 11.3 Å². The maximum absolute atomic E-state index is 9.69. The van der Waals surface area contributed by atoms with Crippen molar-refractivity contribution in [2.24, 2.45) is 0 Å². The summed E-state index contributed by atoms with van der Waals surface area (Å²) in [5, 5.41) is 3.97. The number of ketones is 1. The van der Waals surface area contributed by atoms with E-state index in [4.69, 9.17) is 5.73 Å². The molecule has 15 heavy (non-hydrogen) atoms. The fraction of sp³-hybridized carbons (Fsp3) is 0.400. The van der Waals surface area contributed by atoms with Crippen LogP contribution in [0.25, 0.3) is 0 Å². The van der Waals surface area contributed by atoms with Crippen molar-refractivity contribution in [3.05, 3.63) is 23.2 Å². The molecular weight excluding hydrogens is 210 g/mol. The van der Waals surface area contributed by atoms with Gasteiger partial charge in [-0.2, -0.15) is 0 Å². The third kappa shape index (κ3) is 3.81. The number of thiazole rings is 1. The average Bonchev–Trinajstić information content (AvgIpc) is 2.58. The van der Waals surface area contributed by atoms with E-state index in [2.05, 4.69) is 16.9 Å². The molecule has 1 aliphatic heterocycles. The summed E-state index contributed by atoms with van der Waals surface area (Å²) >= 11 is 1.59. The van der Waals surface area contributed by atoms with Gasteiger partial charge in [-0.1, -0.05) is 6.58 Å². The van der Waals surface area contributed by atoms with E-state index in [1.165, 1.54) is 23.6 Å². The molecule has 0 spiro atoms. The fourth-order valence-electron chi connectivity index (χ4n) is 1.15. The van der Waals surface area contributed by atoms with Crippen LogP contribution in [0.15, 0.2) is 12.7 Å². The number of rotatable bonds is 1. The lowest BCUT2D eigenvalue weighted by atomic mass is 10.2. The number of nitrogens with one attached hydrogen (secondary N) is 1. The van der Waals surface area contributed by atoms with Crippen LogP contribution in [0.1, 0.15) is 17.5 Å². The standard InChI is InChI=1S/C6H9N3S.C4H6O/c7-6-9-4-1-2-8-3-5(4)10-6;1-3-4(2)5/h8H,1-3H2,(H2,7,9);3H,1H2,2H3. The highest BCUT2D eigenvalue weighted by Crippen LogP contribution is 2.22. The average molecular weight is 225 g/mol. The lowest BCUT2D eigenvalue weighted by molar-refractivity contribution is -0.112. The van der Waals surface area contributed by atoms with E-state index in [1.807, 2.05) is 0 Å². The second-order valence-electron chi connectivity index (χ2n) is 3.16. The molecule has 1 aliphatic rings. The Morgan fingerprint density at radius 2 is 2.40 bits per heavy atom. The zero-order valence-electron chi connectivity index (χ0n) is 8.75. The summed E-state index contributed by atoms with van der Waals surface area (Å²) in [7, 11) is 0. The van der Waals surface area contributed by atoms with E-state index in [-0.39, 0.29) is 5.78 Å². The topological polar surface area (TPSA) is 68.0 Å². The number of anilines is 1. The molecule has 0 unspecified atom stereocenters. The molecule has 2 rings (SSSR count). The number of hydrogen-bond acceptors (Lipinski definition) is 5. The molecule has 0 fully saturated rings. The number of fused-ring (bicyclic) bond motifs is 1. The molecule has 0 radical (unpaired) electrons. The van der Waals surface area contributed by atoms with Crippen molar-refractivity contribution in [3.8, 4) is 0 Å². The van der Waals surface area contributed by atoms with Crippen LogP contribution in [0.4, 0.5) is 5.13 Å². The predicted octanol–water partition coefficient (Wildman–Crippen LogP) is 1.13. The summed E-state index contributed by atoms with van der Waals surface area (Å²) in [4.78, 5) is 15.2. The largest absolute Gasteiger partial charge is 0.375 e. The van der Waals surface area contributed by atoms with Gasteiger partial charge in [-0.3, -0.25) is 4.79 Å². The Morgan fingerprint density at radius 3 is 2.93 bits per heavy atom. The number of carbonyl (C=O) groups is 1. The molecule has 0 aromatic carbocycles. The van der Waals surface area contributed by atoms with Gasteiger partial charge < -0.3 is 11.1 Å². The van der Waals surface area contributed by atoms with Crippen LogP contribution in [-0.2, 0) is 17.8 Å². The molecule has 1 aromatic rings. The molecule has 0 saturated heterocycles. The molecule has 3 N–H and O–H groups in total. The van der Waals surface area contributed by atoms with Crippen LogP contribution in [0.5, 0.6) is 0 Å². The summed E-state index contributed by atoms with van der Waals surface area (Å²) in [6.07, 6.45) is 2.31. The molecule has 0 saturated carbocycles. The van der Waals surface area contributed by atoms with Crippen molar-refractivity contribution in [1.29, 1.82) is 0 Å². The van der Waals surface area contributed by atoms with Gasteiger partial charge in [-0.05, 0) is 13.0 Å². The molecule has 0 atom stereocenters. The number of hydrogen-bond donors (Lipinski definition) is 2. The van der Waals surface area contributed by atoms with Gasteiger partial charge in [0.1, 0.15) is 0 Å². The van der Waals surface area contributed by atoms with E-state index in [9.17, 15) is 4.79 Å². The maximum Gasteiger partial charge on any atom is 0.180 e. The molecule has 4 nitrogen and oxygen atoms in total. The first-order valence-electron chi connectivity index (χ1n) is 4.71. The molecule has 0 aliphatic carbocycles. The molecular formula is C10H15N3OS. The molecule has 5 heteroatoms. The van der Waals surface area contributed by atoms with Gasteiger partial charge in [0.05, 0.1) is 5.69 Å². The third-order valence-electron chi connectivity index (χ3n) is 1.91. The summed E-state index contributed by atoms with van der Waals surface area (Å²) in [6.45, 7) is 6.66. The van der Waals surface area contributed by atoms with Gasteiger partial charge in [0.2, 0.25) is 0 Å². The van der Waals surface area contributed by atoms with Crippen LogP contribution < -0.4 is 11.1 Å². The minimum Gasteiger partial charge on any atom is -0.375 e. The second kappa shape index (κ2) is 5.63. The summed E-state index contributed by atoms with van der Waals surface area (Å²) in [5.41, 5.74) is 6.73. The van der Waals surface area contributed by atoms with Crippen molar-refractivity contribution in [2.75, 3.05) is 12.3 Å². The lowest BCUT2D eigenvalue weighted by Gasteiger charge is -2.09. The fourth-order valence-corrected chi connectivity index (χ4v) is 1.99. The number of nitrogens with two attached hydrogens (primary N) is 1. The van der Waals surface area contributed by atoms with Crippen LogP contribution in [-0.4, -0.2) is 17.3 Å². The van der Waals surface area contributed by atoms with Crippen molar-refractivity contribution < 1.29 is 4.79 Å². The minimum atomic E-state index is 0.0185. The summed E-state index contributed by atoms with van der Waals surface area (Å²) in [5.74, 6) is 0.0185. The lowest BCUT2D eigenvalue weighted by Crippen LogP contribution is -2.22. The Balaban J connectivity index is 0.000000195. The maximum atomic E-state index is 9.69. The Kier molecular flexibility index (Phi) is 4.45. The first-order chi connectivity index (χ1) is 7.13. The second-order valence-corrected chi connectivity index (χ2v) is 4.28. The highest BCUT2D eigenvalue weighted by Gasteiger charge is 2.12. The van der Waals surface area contributed by atoms with Crippen LogP contribution in [0.3, 0.4) is 0 Å². The quantitative estimate of drug-likeness (QED) is 0.703. The zero-order chi connectivity index (χ0) is 11.3. The van der Waals surface area contributed by atoms with E-state index in [0.717, 1.165) is 19.5 Å². The van der Waals surface area contributed by atoms with Crippen LogP contribution >= 0.6 is 11.3 Å². The van der Waals surface area contributed by atoms with Crippen LogP contribution in [0.2, 0.25) is 0 Å². The first kappa shape index (κ1) is 11.9. The summed E-state index contributed by atoms with van der Waals surface area (Å²) in [6, 6.07) is 0. The monoisotopic (exact) mass is 225 g/mol. The van der Waals surface area contributed by atoms with E-state index >= 15 is 0 Å². The first-order valence-corrected chi connectivity index (χ1v) is 5.53. The molecule has 0 amide bonds. The van der Waals surface area contributed by atoms with E-state index in [0.29, 0.717) is 5.13 Å². The SMILES string of the molecule is C=CC(C)=O.Nc1nc2c(s1)CNCC2. The van der Waals surface area contributed by atoms with Gasteiger partial charge in [0, 0.05) is 24.4 Å². The molecule has 82 valence electrons. The van der Waals surface area contributed by atoms with Gasteiger partial charge in [-0.25, -0.2) is 4.98 Å². The highest BCUT2D eigenvalue weighted by atomic mass is 32.1. The van der Waals surface area contributed by atoms with Crippen molar-refractivity contribution in [1.82, 2.24) is 10.3 Å². The Bertz CT molecular complexity index is 336.